The second-order valence-electron chi connectivity index (χ2n) is 9.83. The Hall–Kier alpha value is -4.42. The van der Waals surface area contributed by atoms with Crippen molar-refractivity contribution in [1.29, 1.82) is 0 Å². The Kier molecular flexibility index (Phi) is 8.22. The van der Waals surface area contributed by atoms with Gasteiger partial charge in [-0.2, -0.15) is 5.10 Å². The summed E-state index contributed by atoms with van der Waals surface area (Å²) < 4.78 is 40.1. The molecule has 0 aliphatic carbocycles. The molecule has 2 aromatic carbocycles. The van der Waals surface area contributed by atoms with Crippen molar-refractivity contribution >= 4 is 11.8 Å². The fourth-order valence-corrected chi connectivity index (χ4v) is 5.38. The zero-order chi connectivity index (χ0) is 29.1. The summed E-state index contributed by atoms with van der Waals surface area (Å²) in [6.45, 7) is 2.89. The molecule has 214 valence electrons. The highest BCUT2D eigenvalue weighted by Gasteiger charge is 2.39. The fraction of sp³-hybridized carbons (Fsp3) is 0.310. The van der Waals surface area contributed by atoms with Gasteiger partial charge >= 0.3 is 12.0 Å². The molecule has 10 nitrogen and oxygen atoms in total. The summed E-state index contributed by atoms with van der Waals surface area (Å²) >= 11 is 0. The smallest absolute Gasteiger partial charge is 0.320 e. The van der Waals surface area contributed by atoms with Crippen LogP contribution in [0.2, 0.25) is 0 Å². The zero-order valence-corrected chi connectivity index (χ0v) is 22.9. The number of para-hydroxylation sites is 1. The van der Waals surface area contributed by atoms with E-state index in [1.165, 1.54) is 20.3 Å². The number of amides is 2. The summed E-state index contributed by atoms with van der Waals surface area (Å²) in [6.07, 6.45) is 3.12. The highest BCUT2D eigenvalue weighted by Crippen LogP contribution is 2.37. The third-order valence-electron chi connectivity index (χ3n) is 7.39. The summed E-state index contributed by atoms with van der Waals surface area (Å²) in [4.78, 5) is 23.2. The SMILES string of the molecule is COc1ncc(-c2nn(-c3ccccc3)c(N(C(N)=O)[C@@H]3CNC[C@H]3CC(OC)c3ccc(F)c(F)c3)c2C)cn1. The lowest BCUT2D eigenvalue weighted by molar-refractivity contribution is 0.0799. The van der Waals surface area contributed by atoms with Crippen LogP contribution >= 0.6 is 0 Å². The molecule has 12 heteroatoms. The van der Waals surface area contributed by atoms with E-state index in [9.17, 15) is 13.6 Å². The van der Waals surface area contributed by atoms with E-state index in [1.54, 1.807) is 22.0 Å². The number of aromatic nitrogens is 4. The number of urea groups is 1. The first kappa shape index (κ1) is 28.1. The van der Waals surface area contributed by atoms with Gasteiger partial charge in [0, 0.05) is 43.7 Å². The lowest BCUT2D eigenvalue weighted by atomic mass is 9.91. The molecular weight excluding hydrogens is 532 g/mol. The van der Waals surface area contributed by atoms with E-state index in [1.807, 2.05) is 37.3 Å². The van der Waals surface area contributed by atoms with E-state index in [-0.39, 0.29) is 18.0 Å². The summed E-state index contributed by atoms with van der Waals surface area (Å²) in [5, 5.41) is 8.23. The Morgan fingerprint density at radius 3 is 2.49 bits per heavy atom. The molecule has 1 aliphatic rings. The predicted octanol–water partition coefficient (Wildman–Crippen LogP) is 4.18. The fourth-order valence-electron chi connectivity index (χ4n) is 5.38. The van der Waals surface area contributed by atoms with Crippen LogP contribution in [-0.2, 0) is 4.74 Å². The van der Waals surface area contributed by atoms with Crippen molar-refractivity contribution in [1.82, 2.24) is 25.1 Å². The van der Waals surface area contributed by atoms with Gasteiger partial charge < -0.3 is 20.5 Å². The second-order valence-corrected chi connectivity index (χ2v) is 9.83. The van der Waals surface area contributed by atoms with Gasteiger partial charge in [-0.15, -0.1) is 0 Å². The van der Waals surface area contributed by atoms with Crippen LogP contribution in [0.5, 0.6) is 6.01 Å². The van der Waals surface area contributed by atoms with Crippen molar-refractivity contribution < 1.29 is 23.0 Å². The monoisotopic (exact) mass is 563 g/mol. The number of hydrogen-bond donors (Lipinski definition) is 2. The number of nitrogens with zero attached hydrogens (tertiary/aromatic N) is 5. The van der Waals surface area contributed by atoms with Crippen LogP contribution in [0.4, 0.5) is 19.4 Å². The van der Waals surface area contributed by atoms with Crippen LogP contribution in [0.15, 0.2) is 60.9 Å². The largest absolute Gasteiger partial charge is 0.467 e. The number of carbonyl (C=O) groups excluding carboxylic acids is 1. The molecule has 1 unspecified atom stereocenters. The Bertz CT molecular complexity index is 1520. The molecular formula is C29H31F2N7O3. The van der Waals surface area contributed by atoms with E-state index < -0.39 is 23.8 Å². The Morgan fingerprint density at radius 1 is 1.12 bits per heavy atom. The number of carbonyl (C=O) groups is 1. The molecule has 3 heterocycles. The second kappa shape index (κ2) is 12.0. The maximum atomic E-state index is 14.0. The van der Waals surface area contributed by atoms with E-state index >= 15 is 0 Å². The Balaban J connectivity index is 1.56. The minimum atomic E-state index is -0.943. The molecule has 0 radical (unpaired) electrons. The predicted molar refractivity (Wildman–Crippen MR) is 149 cm³/mol. The number of primary amides is 1. The highest BCUT2D eigenvalue weighted by molar-refractivity contribution is 5.93. The van der Waals surface area contributed by atoms with Gasteiger partial charge in [0.1, 0.15) is 11.5 Å². The van der Waals surface area contributed by atoms with E-state index in [2.05, 4.69) is 15.3 Å². The molecule has 2 aromatic heterocycles. The normalized spacial score (nSPS) is 17.4. The first-order valence-electron chi connectivity index (χ1n) is 13.1. The van der Waals surface area contributed by atoms with Gasteiger partial charge in [0.25, 0.3) is 0 Å². The van der Waals surface area contributed by atoms with Crippen LogP contribution in [-0.4, -0.2) is 59.1 Å². The van der Waals surface area contributed by atoms with Crippen molar-refractivity contribution in [3.8, 4) is 23.0 Å². The number of methoxy groups -OCH3 is 2. The van der Waals surface area contributed by atoms with Crippen LogP contribution in [0.25, 0.3) is 16.9 Å². The molecule has 5 rings (SSSR count). The minimum Gasteiger partial charge on any atom is -0.467 e. The summed E-state index contributed by atoms with van der Waals surface area (Å²) in [7, 11) is 3.01. The maximum absolute atomic E-state index is 14.0. The van der Waals surface area contributed by atoms with Crippen LogP contribution in [0.1, 0.15) is 23.7 Å². The summed E-state index contributed by atoms with van der Waals surface area (Å²) in [5.74, 6) is -1.49. The van der Waals surface area contributed by atoms with Gasteiger partial charge in [-0.1, -0.05) is 24.3 Å². The van der Waals surface area contributed by atoms with Crippen LogP contribution in [0, 0.1) is 24.5 Å². The summed E-state index contributed by atoms with van der Waals surface area (Å²) in [6, 6.07) is 12.4. The molecule has 41 heavy (non-hydrogen) atoms. The number of nitrogens with two attached hydrogens (primary N) is 1. The molecule has 1 saturated heterocycles. The summed E-state index contributed by atoms with van der Waals surface area (Å²) in [5.41, 5.74) is 9.25. The average molecular weight is 564 g/mol. The number of benzene rings is 2. The van der Waals surface area contributed by atoms with Gasteiger partial charge in [-0.25, -0.2) is 28.2 Å². The highest BCUT2D eigenvalue weighted by atomic mass is 19.2. The number of halogens is 2. The molecule has 3 N–H and O–H groups in total. The first-order chi connectivity index (χ1) is 19.8. The molecule has 2 amide bonds. The zero-order valence-electron chi connectivity index (χ0n) is 22.9. The molecule has 0 saturated carbocycles. The van der Waals surface area contributed by atoms with Crippen molar-refractivity contribution in [2.45, 2.75) is 25.5 Å². The first-order valence-corrected chi connectivity index (χ1v) is 13.1. The molecule has 4 aromatic rings. The number of rotatable bonds is 9. The molecule has 0 spiro atoms. The van der Waals surface area contributed by atoms with Gasteiger partial charge in [0.15, 0.2) is 11.6 Å². The molecule has 3 atom stereocenters. The molecule has 0 bridgehead atoms. The quantitative estimate of drug-likeness (QED) is 0.314. The average Bonchev–Trinajstić information content (AvgIpc) is 3.58. The number of nitrogens with one attached hydrogen (secondary N) is 1. The number of ether oxygens (including phenoxy) is 2. The minimum absolute atomic E-state index is 0.133. The van der Waals surface area contributed by atoms with Crippen molar-refractivity contribution in [2.75, 3.05) is 32.2 Å². The Morgan fingerprint density at radius 2 is 1.85 bits per heavy atom. The third-order valence-corrected chi connectivity index (χ3v) is 7.39. The van der Waals surface area contributed by atoms with Gasteiger partial charge in [0.2, 0.25) is 0 Å². The lowest BCUT2D eigenvalue weighted by Crippen LogP contribution is -2.49. The molecule has 1 aliphatic heterocycles. The number of anilines is 1. The number of hydrogen-bond acceptors (Lipinski definition) is 7. The third kappa shape index (κ3) is 5.61. The van der Waals surface area contributed by atoms with Gasteiger partial charge in [0.05, 0.1) is 24.9 Å². The topological polar surface area (TPSA) is 120 Å². The van der Waals surface area contributed by atoms with Crippen LogP contribution in [0.3, 0.4) is 0 Å². The van der Waals surface area contributed by atoms with Crippen molar-refractivity contribution in [3.63, 3.8) is 0 Å². The van der Waals surface area contributed by atoms with E-state index in [4.69, 9.17) is 20.3 Å². The van der Waals surface area contributed by atoms with E-state index in [0.29, 0.717) is 47.7 Å². The molecule has 1 fully saturated rings. The van der Waals surface area contributed by atoms with Crippen LogP contribution < -0.4 is 20.7 Å². The van der Waals surface area contributed by atoms with Crippen molar-refractivity contribution in [2.24, 2.45) is 11.7 Å². The van der Waals surface area contributed by atoms with Gasteiger partial charge in [-0.3, -0.25) is 4.90 Å². The maximum Gasteiger partial charge on any atom is 0.320 e. The lowest BCUT2D eigenvalue weighted by Gasteiger charge is -2.33. The van der Waals surface area contributed by atoms with Gasteiger partial charge in [-0.05, 0) is 49.1 Å². The standard InChI is InChI=1S/C29H31F2N7O3/c1-17-26(20-14-34-29(41-3)35-15-20)36-38(21-7-5-4-6-8-21)27(17)37(28(32)39)24-16-33-13-19(24)12-25(40-2)18-9-10-22(30)23(31)11-18/h4-11,14-15,19,24-25,33H,12-13,16H2,1-3H3,(H2,32,39)/t19-,24-,25?/m1/s1. The van der Waals surface area contributed by atoms with E-state index in [0.717, 1.165) is 17.8 Å². The Labute approximate surface area is 236 Å². The van der Waals surface area contributed by atoms with Crippen molar-refractivity contribution in [3.05, 3.63) is 83.7 Å².